The molecule has 6 nitrogen and oxygen atoms in total. The third-order valence-corrected chi connectivity index (χ3v) is 4.28. The fraction of sp³-hybridized carbons (Fsp3) is 0.158. The smallest absolute Gasteiger partial charge is 0.188 e. The summed E-state index contributed by atoms with van der Waals surface area (Å²) in [7, 11) is 0. The monoisotopic (exact) mass is 388 g/mol. The van der Waals surface area contributed by atoms with E-state index in [-0.39, 0.29) is 27.8 Å². The molecule has 0 unspecified atom stereocenters. The first-order valence-corrected chi connectivity index (χ1v) is 8.58. The highest BCUT2D eigenvalue weighted by molar-refractivity contribution is 6.32. The SMILES string of the molecule is NCc1ccc(CCOc2cc(-c3cc(F)cc(Cl)c3O)nnc2N)cc1. The van der Waals surface area contributed by atoms with Crippen LogP contribution in [0.15, 0.2) is 42.5 Å². The Labute approximate surface area is 160 Å². The Morgan fingerprint density at radius 2 is 1.78 bits per heavy atom. The number of halogens is 2. The number of rotatable bonds is 6. The van der Waals surface area contributed by atoms with Crippen molar-refractivity contribution in [3.63, 3.8) is 0 Å². The third-order valence-electron chi connectivity index (χ3n) is 4.00. The first kappa shape index (κ1) is 18.9. The molecule has 0 spiro atoms. The molecule has 0 radical (unpaired) electrons. The number of ether oxygens (including phenoxy) is 1. The number of aromatic hydroxyl groups is 1. The lowest BCUT2D eigenvalue weighted by Crippen LogP contribution is -2.06. The van der Waals surface area contributed by atoms with E-state index in [9.17, 15) is 9.50 Å². The number of nitrogens with zero attached hydrogens (tertiary/aromatic N) is 2. The number of hydrogen-bond donors (Lipinski definition) is 3. The van der Waals surface area contributed by atoms with Crippen LogP contribution in [0.25, 0.3) is 11.3 Å². The normalized spacial score (nSPS) is 10.8. The topological polar surface area (TPSA) is 107 Å². The molecule has 1 heterocycles. The number of nitrogens with two attached hydrogens (primary N) is 2. The molecule has 0 fully saturated rings. The van der Waals surface area contributed by atoms with Crippen LogP contribution in [0.5, 0.6) is 11.5 Å². The Morgan fingerprint density at radius 1 is 1.07 bits per heavy atom. The Morgan fingerprint density at radius 3 is 2.48 bits per heavy atom. The Balaban J connectivity index is 1.75. The molecule has 2 aromatic carbocycles. The van der Waals surface area contributed by atoms with Gasteiger partial charge in [0, 0.05) is 24.6 Å². The van der Waals surface area contributed by atoms with Gasteiger partial charge in [-0.05, 0) is 23.3 Å². The zero-order chi connectivity index (χ0) is 19.4. The van der Waals surface area contributed by atoms with Crippen molar-refractivity contribution < 1.29 is 14.2 Å². The second-order valence-electron chi connectivity index (χ2n) is 5.88. The second-order valence-corrected chi connectivity index (χ2v) is 6.29. The van der Waals surface area contributed by atoms with Crippen LogP contribution in [0.1, 0.15) is 11.1 Å². The molecule has 0 atom stereocenters. The van der Waals surface area contributed by atoms with Gasteiger partial charge in [-0.1, -0.05) is 35.9 Å². The van der Waals surface area contributed by atoms with Gasteiger partial charge in [0.1, 0.15) is 17.3 Å². The molecule has 0 amide bonds. The van der Waals surface area contributed by atoms with Crippen LogP contribution in [0.2, 0.25) is 5.02 Å². The minimum atomic E-state index is -0.602. The minimum absolute atomic E-state index is 0.0965. The van der Waals surface area contributed by atoms with E-state index in [4.69, 9.17) is 27.8 Å². The van der Waals surface area contributed by atoms with Gasteiger partial charge in [0.2, 0.25) is 0 Å². The summed E-state index contributed by atoms with van der Waals surface area (Å²) in [5.74, 6) is -0.504. The van der Waals surface area contributed by atoms with Gasteiger partial charge in [0.15, 0.2) is 11.6 Å². The van der Waals surface area contributed by atoms with Gasteiger partial charge in [-0.25, -0.2) is 4.39 Å². The number of hydrogen-bond acceptors (Lipinski definition) is 6. The largest absolute Gasteiger partial charge is 0.506 e. The van der Waals surface area contributed by atoms with Gasteiger partial charge < -0.3 is 21.3 Å². The van der Waals surface area contributed by atoms with Crippen molar-refractivity contribution in [2.24, 2.45) is 5.73 Å². The fourth-order valence-electron chi connectivity index (χ4n) is 2.51. The average molecular weight is 389 g/mol. The molecule has 0 aliphatic rings. The van der Waals surface area contributed by atoms with Crippen LogP contribution in [0.3, 0.4) is 0 Å². The van der Waals surface area contributed by atoms with Crippen molar-refractivity contribution in [2.45, 2.75) is 13.0 Å². The molecular weight excluding hydrogens is 371 g/mol. The first-order valence-electron chi connectivity index (χ1n) is 8.20. The van der Waals surface area contributed by atoms with Gasteiger partial charge in [-0.15, -0.1) is 10.2 Å². The van der Waals surface area contributed by atoms with Crippen LogP contribution in [0, 0.1) is 5.82 Å². The number of phenols is 1. The number of aromatic nitrogens is 2. The van der Waals surface area contributed by atoms with E-state index < -0.39 is 5.82 Å². The maximum atomic E-state index is 13.6. The Hall–Kier alpha value is -2.90. The molecule has 0 saturated carbocycles. The Kier molecular flexibility index (Phi) is 5.73. The molecule has 0 bridgehead atoms. The highest BCUT2D eigenvalue weighted by atomic mass is 35.5. The van der Waals surface area contributed by atoms with Crippen molar-refractivity contribution >= 4 is 17.4 Å². The molecule has 140 valence electrons. The van der Waals surface area contributed by atoms with Crippen molar-refractivity contribution in [3.05, 3.63) is 64.4 Å². The molecule has 3 aromatic rings. The summed E-state index contributed by atoms with van der Waals surface area (Å²) in [5, 5.41) is 17.6. The summed E-state index contributed by atoms with van der Waals surface area (Å²) in [4.78, 5) is 0. The van der Waals surface area contributed by atoms with E-state index in [0.717, 1.165) is 23.3 Å². The number of phenolic OH excluding ortho intramolecular Hbond substituents is 1. The summed E-state index contributed by atoms with van der Waals surface area (Å²) in [5.41, 5.74) is 13.8. The molecule has 3 rings (SSSR count). The first-order chi connectivity index (χ1) is 13.0. The summed E-state index contributed by atoms with van der Waals surface area (Å²) in [6.45, 7) is 0.850. The summed E-state index contributed by atoms with van der Waals surface area (Å²) in [6, 6.07) is 11.5. The average Bonchev–Trinajstić information content (AvgIpc) is 2.67. The predicted molar refractivity (Wildman–Crippen MR) is 102 cm³/mol. The fourth-order valence-corrected chi connectivity index (χ4v) is 2.72. The molecule has 8 heteroatoms. The summed E-state index contributed by atoms with van der Waals surface area (Å²) >= 11 is 5.81. The quantitative estimate of drug-likeness (QED) is 0.598. The van der Waals surface area contributed by atoms with E-state index >= 15 is 0 Å². The van der Waals surface area contributed by atoms with E-state index in [2.05, 4.69) is 10.2 Å². The molecule has 0 aliphatic heterocycles. The number of nitrogen functional groups attached to an aromatic ring is 1. The predicted octanol–water partition coefficient (Wildman–Crippen LogP) is 3.30. The molecular formula is C19H18ClFN4O2. The molecule has 0 aliphatic carbocycles. The van der Waals surface area contributed by atoms with Gasteiger partial charge in [-0.3, -0.25) is 0 Å². The highest BCUT2D eigenvalue weighted by Gasteiger charge is 2.15. The zero-order valence-electron chi connectivity index (χ0n) is 14.3. The lowest BCUT2D eigenvalue weighted by atomic mass is 10.1. The van der Waals surface area contributed by atoms with Crippen molar-refractivity contribution in [1.82, 2.24) is 10.2 Å². The second kappa shape index (κ2) is 8.20. The van der Waals surface area contributed by atoms with Crippen LogP contribution in [-0.2, 0) is 13.0 Å². The maximum absolute atomic E-state index is 13.6. The standard InChI is InChI=1S/C19H18ClFN4O2/c20-15-8-13(21)7-14(18(15)26)16-9-17(19(23)25-24-16)27-6-5-11-1-3-12(10-22)4-2-11/h1-4,7-9,26H,5-6,10,22H2,(H2,23,25). The Bertz CT molecular complexity index is 951. The van der Waals surface area contributed by atoms with Crippen LogP contribution < -0.4 is 16.2 Å². The van der Waals surface area contributed by atoms with Crippen LogP contribution >= 0.6 is 11.6 Å². The molecule has 27 heavy (non-hydrogen) atoms. The third kappa shape index (κ3) is 4.45. The molecule has 5 N–H and O–H groups in total. The van der Waals surface area contributed by atoms with Crippen LogP contribution in [-0.4, -0.2) is 21.9 Å². The van der Waals surface area contributed by atoms with E-state index in [1.54, 1.807) is 0 Å². The van der Waals surface area contributed by atoms with Gasteiger partial charge in [0.05, 0.1) is 11.6 Å². The lowest BCUT2D eigenvalue weighted by Gasteiger charge is -2.11. The van der Waals surface area contributed by atoms with Gasteiger partial charge in [-0.2, -0.15) is 0 Å². The summed E-state index contributed by atoms with van der Waals surface area (Å²) < 4.78 is 19.3. The highest BCUT2D eigenvalue weighted by Crippen LogP contribution is 2.36. The lowest BCUT2D eigenvalue weighted by molar-refractivity contribution is 0.322. The van der Waals surface area contributed by atoms with Crippen molar-refractivity contribution in [1.29, 1.82) is 0 Å². The van der Waals surface area contributed by atoms with Gasteiger partial charge >= 0.3 is 0 Å². The van der Waals surface area contributed by atoms with E-state index in [0.29, 0.717) is 25.3 Å². The summed E-state index contributed by atoms with van der Waals surface area (Å²) in [6.07, 6.45) is 0.652. The zero-order valence-corrected chi connectivity index (χ0v) is 15.1. The molecule has 1 aromatic heterocycles. The number of anilines is 1. The van der Waals surface area contributed by atoms with E-state index in [1.807, 2.05) is 24.3 Å². The van der Waals surface area contributed by atoms with Crippen molar-refractivity contribution in [3.8, 4) is 22.8 Å². The maximum Gasteiger partial charge on any atom is 0.188 e. The number of benzene rings is 2. The minimum Gasteiger partial charge on any atom is -0.506 e. The van der Waals surface area contributed by atoms with Crippen molar-refractivity contribution in [2.75, 3.05) is 12.3 Å². The molecule has 0 saturated heterocycles. The van der Waals surface area contributed by atoms with Crippen LogP contribution in [0.4, 0.5) is 10.2 Å². The van der Waals surface area contributed by atoms with E-state index in [1.165, 1.54) is 6.07 Å². The van der Waals surface area contributed by atoms with Gasteiger partial charge in [0.25, 0.3) is 0 Å².